The molecule has 24 heavy (non-hydrogen) atoms. The molecule has 8 nitrogen and oxygen atoms in total. The van der Waals surface area contributed by atoms with Gasteiger partial charge in [0.15, 0.2) is 0 Å². The van der Waals surface area contributed by atoms with E-state index in [1.807, 2.05) is 0 Å². The third-order valence-electron chi connectivity index (χ3n) is 3.47. The van der Waals surface area contributed by atoms with Crippen molar-refractivity contribution in [2.45, 2.75) is 0 Å². The van der Waals surface area contributed by atoms with E-state index in [1.165, 1.54) is 25.2 Å². The maximum Gasteiger partial charge on any atom is 0.355 e. The van der Waals surface area contributed by atoms with Gasteiger partial charge in [-0.05, 0) is 24.3 Å². The number of anilines is 1. The number of nitrogens with zero attached hydrogens (tertiary/aromatic N) is 3. The van der Waals surface area contributed by atoms with Gasteiger partial charge in [0.25, 0.3) is 0 Å². The molecule has 0 spiro atoms. The second kappa shape index (κ2) is 6.37. The number of benzene rings is 1. The van der Waals surface area contributed by atoms with Crippen LogP contribution >= 0.6 is 0 Å². The number of hydrogen-bond donors (Lipinski definition) is 1. The van der Waals surface area contributed by atoms with Gasteiger partial charge >= 0.3 is 11.9 Å². The van der Waals surface area contributed by atoms with Crippen molar-refractivity contribution >= 4 is 28.7 Å². The van der Waals surface area contributed by atoms with E-state index < -0.39 is 11.9 Å². The van der Waals surface area contributed by atoms with Crippen LogP contribution in [0, 0.1) is 0 Å². The molecule has 0 amide bonds. The number of rotatable bonds is 3. The van der Waals surface area contributed by atoms with Crippen molar-refractivity contribution in [2.24, 2.45) is 0 Å². The van der Waals surface area contributed by atoms with Crippen molar-refractivity contribution in [1.29, 1.82) is 0 Å². The van der Waals surface area contributed by atoms with Gasteiger partial charge in [0, 0.05) is 6.20 Å². The minimum atomic E-state index is -0.674. The molecule has 2 heterocycles. The molecule has 122 valence electrons. The SMILES string of the molecule is COC(=O)C1=C(C(=O)OC)N(c2cccc3n[nH]nc23)C=CC=C1. The topological polar surface area (TPSA) is 97.4 Å². The summed E-state index contributed by atoms with van der Waals surface area (Å²) in [6.07, 6.45) is 6.47. The molecule has 0 saturated heterocycles. The van der Waals surface area contributed by atoms with Crippen molar-refractivity contribution in [3.63, 3.8) is 0 Å². The van der Waals surface area contributed by atoms with Crippen molar-refractivity contribution in [3.8, 4) is 0 Å². The van der Waals surface area contributed by atoms with Crippen molar-refractivity contribution in [1.82, 2.24) is 15.4 Å². The Morgan fingerprint density at radius 3 is 2.62 bits per heavy atom. The molecule has 1 aliphatic heterocycles. The van der Waals surface area contributed by atoms with E-state index in [0.717, 1.165) is 0 Å². The molecule has 0 radical (unpaired) electrons. The molecule has 0 aliphatic carbocycles. The van der Waals surface area contributed by atoms with E-state index in [2.05, 4.69) is 15.4 Å². The van der Waals surface area contributed by atoms with Crippen LogP contribution in [0.2, 0.25) is 0 Å². The average Bonchev–Trinajstić information content (AvgIpc) is 2.99. The predicted molar refractivity (Wildman–Crippen MR) is 85.7 cm³/mol. The third-order valence-corrected chi connectivity index (χ3v) is 3.47. The molecule has 8 heteroatoms. The molecule has 1 aromatic heterocycles. The second-order valence-electron chi connectivity index (χ2n) is 4.78. The lowest BCUT2D eigenvalue weighted by Gasteiger charge is -2.23. The summed E-state index contributed by atoms with van der Waals surface area (Å²) in [5.74, 6) is -1.32. The van der Waals surface area contributed by atoms with Gasteiger partial charge in [0.2, 0.25) is 0 Å². The zero-order chi connectivity index (χ0) is 17.1. The number of esters is 2. The van der Waals surface area contributed by atoms with Crippen LogP contribution in [0.5, 0.6) is 0 Å². The summed E-state index contributed by atoms with van der Waals surface area (Å²) in [4.78, 5) is 26.0. The zero-order valence-electron chi connectivity index (χ0n) is 13.0. The highest BCUT2D eigenvalue weighted by Crippen LogP contribution is 2.30. The summed E-state index contributed by atoms with van der Waals surface area (Å²) < 4.78 is 9.64. The normalized spacial score (nSPS) is 14.0. The quantitative estimate of drug-likeness (QED) is 0.852. The van der Waals surface area contributed by atoms with E-state index in [9.17, 15) is 9.59 Å². The Kier molecular flexibility index (Phi) is 4.11. The fourth-order valence-corrected chi connectivity index (χ4v) is 2.40. The molecule has 0 unspecified atom stereocenters. The van der Waals surface area contributed by atoms with Gasteiger partial charge in [-0.15, -0.1) is 0 Å². The third kappa shape index (κ3) is 2.54. The molecule has 1 N–H and O–H groups in total. The maximum absolute atomic E-state index is 12.4. The number of carbonyl (C=O) groups is 2. The Balaban J connectivity index is 2.26. The lowest BCUT2D eigenvalue weighted by atomic mass is 10.1. The van der Waals surface area contributed by atoms with Gasteiger partial charge in [-0.3, -0.25) is 0 Å². The van der Waals surface area contributed by atoms with E-state index in [1.54, 1.807) is 36.6 Å². The minimum Gasteiger partial charge on any atom is -0.465 e. The van der Waals surface area contributed by atoms with Gasteiger partial charge in [0.1, 0.15) is 16.7 Å². The van der Waals surface area contributed by atoms with Crippen LogP contribution in [-0.4, -0.2) is 41.6 Å². The fraction of sp³-hybridized carbons (Fsp3) is 0.125. The van der Waals surface area contributed by atoms with Gasteiger partial charge in [0.05, 0.1) is 25.5 Å². The standard InChI is InChI=1S/C16H14N4O4/c1-23-15(21)10-6-3-4-9-20(14(10)16(22)24-2)12-8-5-7-11-13(12)18-19-17-11/h3-9H,1-2H3,(H,17,18,19). The Morgan fingerprint density at radius 2 is 1.88 bits per heavy atom. The second-order valence-corrected chi connectivity index (χ2v) is 4.78. The van der Waals surface area contributed by atoms with Crippen LogP contribution in [0.1, 0.15) is 0 Å². The molecule has 0 atom stereocenters. The lowest BCUT2D eigenvalue weighted by molar-refractivity contribution is -0.139. The molecule has 1 aromatic carbocycles. The number of aromatic nitrogens is 3. The first-order valence-electron chi connectivity index (χ1n) is 7.02. The van der Waals surface area contributed by atoms with Crippen LogP contribution < -0.4 is 4.90 Å². The summed E-state index contributed by atoms with van der Waals surface area (Å²) in [6.45, 7) is 0. The minimum absolute atomic E-state index is 0.0323. The first kappa shape index (κ1) is 15.5. The molecular formula is C16H14N4O4. The Hall–Kier alpha value is -3.42. The van der Waals surface area contributed by atoms with Crippen molar-refractivity contribution in [2.75, 3.05) is 19.1 Å². The number of ether oxygens (including phenoxy) is 2. The van der Waals surface area contributed by atoms with Gasteiger partial charge < -0.3 is 14.4 Å². The average molecular weight is 326 g/mol. The molecular weight excluding hydrogens is 312 g/mol. The van der Waals surface area contributed by atoms with Crippen LogP contribution in [0.15, 0.2) is 53.9 Å². The van der Waals surface area contributed by atoms with Crippen LogP contribution in [0.25, 0.3) is 11.0 Å². The predicted octanol–water partition coefficient (Wildman–Crippen LogP) is 1.45. The Bertz CT molecular complexity index is 894. The maximum atomic E-state index is 12.4. The summed E-state index contributed by atoms with van der Waals surface area (Å²) in [6, 6.07) is 5.32. The molecule has 1 aliphatic rings. The van der Waals surface area contributed by atoms with E-state index in [-0.39, 0.29) is 11.3 Å². The Morgan fingerprint density at radius 1 is 1.08 bits per heavy atom. The first-order valence-corrected chi connectivity index (χ1v) is 7.02. The zero-order valence-corrected chi connectivity index (χ0v) is 13.0. The first-order chi connectivity index (χ1) is 11.7. The monoisotopic (exact) mass is 326 g/mol. The highest BCUT2D eigenvalue weighted by molar-refractivity contribution is 6.06. The van der Waals surface area contributed by atoms with Gasteiger partial charge in [-0.1, -0.05) is 12.1 Å². The number of H-pyrrole nitrogens is 1. The number of allylic oxidation sites excluding steroid dienone is 2. The van der Waals surface area contributed by atoms with Gasteiger partial charge in [-0.2, -0.15) is 15.4 Å². The molecule has 3 rings (SSSR count). The molecule has 0 saturated carbocycles. The van der Waals surface area contributed by atoms with Crippen LogP contribution in [0.3, 0.4) is 0 Å². The van der Waals surface area contributed by atoms with Crippen molar-refractivity contribution < 1.29 is 19.1 Å². The number of fused-ring (bicyclic) bond motifs is 1. The van der Waals surface area contributed by atoms with Crippen LogP contribution in [0.4, 0.5) is 5.69 Å². The summed E-state index contributed by atoms with van der Waals surface area (Å²) in [7, 11) is 2.50. The summed E-state index contributed by atoms with van der Waals surface area (Å²) in [5.41, 5.74) is 1.86. The highest BCUT2D eigenvalue weighted by atomic mass is 16.5. The smallest absolute Gasteiger partial charge is 0.355 e. The van der Waals surface area contributed by atoms with E-state index in [0.29, 0.717) is 16.7 Å². The Labute approximate surface area is 137 Å². The largest absolute Gasteiger partial charge is 0.465 e. The van der Waals surface area contributed by atoms with Gasteiger partial charge in [-0.25, -0.2) is 9.59 Å². The number of carbonyl (C=O) groups excluding carboxylic acids is 2. The molecule has 0 fully saturated rings. The highest BCUT2D eigenvalue weighted by Gasteiger charge is 2.28. The van der Waals surface area contributed by atoms with Crippen LogP contribution in [-0.2, 0) is 19.1 Å². The number of nitrogens with one attached hydrogen (secondary N) is 1. The number of para-hydroxylation sites is 1. The lowest BCUT2D eigenvalue weighted by Crippen LogP contribution is -2.27. The summed E-state index contributed by atoms with van der Waals surface area (Å²) in [5, 5.41) is 10.7. The van der Waals surface area contributed by atoms with E-state index in [4.69, 9.17) is 9.47 Å². The van der Waals surface area contributed by atoms with Crippen molar-refractivity contribution in [3.05, 3.63) is 53.9 Å². The van der Waals surface area contributed by atoms with E-state index >= 15 is 0 Å². The number of methoxy groups -OCH3 is 2. The molecule has 0 bridgehead atoms. The fourth-order valence-electron chi connectivity index (χ4n) is 2.40. The number of aromatic amines is 1. The summed E-state index contributed by atoms with van der Waals surface area (Å²) >= 11 is 0. The molecule has 2 aromatic rings. The number of hydrogen-bond acceptors (Lipinski definition) is 7.